The predicted octanol–water partition coefficient (Wildman–Crippen LogP) is 11.1. The number of allylic oxidation sites excluding steroid dienone is 1. The van der Waals surface area contributed by atoms with E-state index in [0.29, 0.717) is 17.5 Å². The lowest BCUT2D eigenvalue weighted by atomic mass is 9.66. The van der Waals surface area contributed by atoms with Gasteiger partial charge in [-0.2, -0.15) is 0 Å². The molecule has 0 fully saturated rings. The van der Waals surface area contributed by atoms with Crippen LogP contribution in [0.15, 0.2) is 158 Å². The number of rotatable bonds is 3. The molecule has 0 saturated heterocycles. The van der Waals surface area contributed by atoms with Crippen LogP contribution in [0.5, 0.6) is 11.5 Å². The highest BCUT2D eigenvalue weighted by Gasteiger charge is 2.51. The fourth-order valence-corrected chi connectivity index (χ4v) is 8.68. The van der Waals surface area contributed by atoms with Crippen LogP contribution in [0.2, 0.25) is 0 Å². The van der Waals surface area contributed by atoms with Gasteiger partial charge in [-0.05, 0) is 74.8 Å². The number of ether oxygens (including phenoxy) is 1. The van der Waals surface area contributed by atoms with Gasteiger partial charge in [-0.1, -0.05) is 140 Å². The molecule has 1 aliphatic heterocycles. The summed E-state index contributed by atoms with van der Waals surface area (Å²) in [5.74, 6) is 3.41. The summed E-state index contributed by atoms with van der Waals surface area (Å²) in [7, 11) is 0. The molecule has 0 N–H and O–H groups in total. The average molecular weight is 652 g/mol. The first kappa shape index (κ1) is 28.2. The fourth-order valence-electron chi connectivity index (χ4n) is 8.68. The molecule has 11 rings (SSSR count). The van der Waals surface area contributed by atoms with Gasteiger partial charge in [0.15, 0.2) is 17.5 Å². The van der Waals surface area contributed by atoms with Gasteiger partial charge in [0.05, 0.1) is 11.0 Å². The normalized spacial score (nSPS) is 14.0. The van der Waals surface area contributed by atoms with Crippen molar-refractivity contribution in [3.63, 3.8) is 0 Å². The molecule has 0 unspecified atom stereocenters. The van der Waals surface area contributed by atoms with Crippen LogP contribution in [-0.2, 0) is 11.8 Å². The van der Waals surface area contributed by atoms with E-state index in [2.05, 4.69) is 140 Å². The number of hydrogen-bond acceptors (Lipinski definition) is 4. The lowest BCUT2D eigenvalue weighted by molar-refractivity contribution is 0.437. The third-order valence-corrected chi connectivity index (χ3v) is 10.8. The summed E-state index contributed by atoms with van der Waals surface area (Å²) in [4.78, 5) is 15.6. The zero-order valence-electron chi connectivity index (χ0n) is 27.5. The molecule has 7 aromatic carbocycles. The maximum Gasteiger partial charge on any atom is 0.167 e. The third kappa shape index (κ3) is 3.99. The van der Waals surface area contributed by atoms with E-state index in [4.69, 9.17) is 19.7 Å². The molecule has 2 aliphatic carbocycles. The lowest BCUT2D eigenvalue weighted by Crippen LogP contribution is -2.32. The van der Waals surface area contributed by atoms with Crippen LogP contribution in [0.25, 0.3) is 62.1 Å². The minimum atomic E-state index is -0.573. The van der Waals surface area contributed by atoms with Gasteiger partial charge in [0.1, 0.15) is 11.5 Å². The summed E-state index contributed by atoms with van der Waals surface area (Å²) in [5, 5.41) is 2.48. The Kier molecular flexibility index (Phi) is 5.90. The van der Waals surface area contributed by atoms with Crippen molar-refractivity contribution < 1.29 is 4.74 Å². The number of hydrogen-bond donors (Lipinski definition) is 0. The summed E-state index contributed by atoms with van der Waals surface area (Å²) in [6.07, 6.45) is 5.39. The monoisotopic (exact) mass is 651 g/mol. The van der Waals surface area contributed by atoms with E-state index in [-0.39, 0.29) is 0 Å². The van der Waals surface area contributed by atoms with E-state index in [9.17, 15) is 0 Å². The molecule has 1 aromatic heterocycles. The second-order valence-corrected chi connectivity index (χ2v) is 13.5. The van der Waals surface area contributed by atoms with Crippen molar-refractivity contribution >= 4 is 16.8 Å². The molecule has 51 heavy (non-hydrogen) atoms. The van der Waals surface area contributed by atoms with Crippen LogP contribution >= 0.6 is 0 Å². The van der Waals surface area contributed by atoms with Crippen LogP contribution < -0.4 is 4.74 Å². The van der Waals surface area contributed by atoms with E-state index >= 15 is 0 Å². The summed E-state index contributed by atoms with van der Waals surface area (Å²) < 4.78 is 6.98. The number of benzene rings is 7. The van der Waals surface area contributed by atoms with Crippen molar-refractivity contribution in [1.82, 2.24) is 15.0 Å². The highest BCUT2D eigenvalue weighted by Crippen LogP contribution is 2.63. The van der Waals surface area contributed by atoms with Crippen molar-refractivity contribution in [1.29, 1.82) is 0 Å². The Labute approximate surface area is 295 Å². The largest absolute Gasteiger partial charge is 0.456 e. The standard InChI is InChI=1S/C47H29N3O/c1-2-13-30(14-3-1)44-48-45(33-27-31-17-10-15-29-16-11-18-32(28-33)42(29)31)50-46(49-44)36-21-12-25-40-43(36)51-41-26-9-8-24-39(41)47(40)37-22-6-4-19-34(37)35-20-5-7-23-38(35)47/h1-15,17-28H,16H2. The van der Waals surface area contributed by atoms with Crippen molar-refractivity contribution in [2.24, 2.45) is 0 Å². The summed E-state index contributed by atoms with van der Waals surface area (Å²) in [5.41, 5.74) is 11.9. The third-order valence-electron chi connectivity index (χ3n) is 10.8. The van der Waals surface area contributed by atoms with E-state index in [0.717, 1.165) is 45.7 Å². The van der Waals surface area contributed by atoms with Crippen molar-refractivity contribution in [2.75, 3.05) is 0 Å². The average Bonchev–Trinajstić information content (AvgIpc) is 3.49. The first-order valence-electron chi connectivity index (χ1n) is 17.4. The van der Waals surface area contributed by atoms with E-state index < -0.39 is 5.41 Å². The molecular formula is C47H29N3O. The maximum atomic E-state index is 6.98. The Morgan fingerprint density at radius 3 is 1.92 bits per heavy atom. The minimum absolute atomic E-state index is 0.572. The molecule has 0 radical (unpaired) electrons. The summed E-state index contributed by atoms with van der Waals surface area (Å²) in [6, 6.07) is 53.6. The lowest BCUT2D eigenvalue weighted by Gasteiger charge is -2.39. The van der Waals surface area contributed by atoms with Gasteiger partial charge in [0, 0.05) is 22.3 Å². The smallest absolute Gasteiger partial charge is 0.167 e. The van der Waals surface area contributed by atoms with Crippen molar-refractivity contribution in [2.45, 2.75) is 11.8 Å². The number of aromatic nitrogens is 3. The number of fused-ring (bicyclic) bond motifs is 9. The first-order chi connectivity index (χ1) is 25.3. The van der Waals surface area contributed by atoms with Crippen LogP contribution in [0.3, 0.4) is 0 Å². The Balaban J connectivity index is 1.19. The molecule has 2 heterocycles. The first-order valence-corrected chi connectivity index (χ1v) is 17.4. The van der Waals surface area contributed by atoms with Gasteiger partial charge in [-0.25, -0.2) is 15.0 Å². The number of para-hydroxylation sites is 2. The Hall–Kier alpha value is -6.65. The Morgan fingerprint density at radius 1 is 0.490 bits per heavy atom. The molecule has 0 amide bonds. The highest BCUT2D eigenvalue weighted by atomic mass is 16.5. The zero-order valence-corrected chi connectivity index (χ0v) is 27.5. The molecule has 0 saturated carbocycles. The molecule has 1 spiro atoms. The van der Waals surface area contributed by atoms with Crippen molar-refractivity contribution in [3.05, 3.63) is 191 Å². The van der Waals surface area contributed by atoms with Gasteiger partial charge < -0.3 is 4.74 Å². The summed E-state index contributed by atoms with van der Waals surface area (Å²) in [6.45, 7) is 0. The van der Waals surface area contributed by atoms with Crippen LogP contribution in [0.4, 0.5) is 0 Å². The molecule has 4 nitrogen and oxygen atoms in total. The quantitative estimate of drug-likeness (QED) is 0.191. The maximum absolute atomic E-state index is 6.98. The SMILES string of the molecule is C1=Cc2cc(-c3nc(-c4ccccc4)nc(-c4cccc5c4Oc4ccccc4C54c5ccccc5-c5ccccc54)n3)cc3cccc(c23)C1. The van der Waals surface area contributed by atoms with Gasteiger partial charge in [0.2, 0.25) is 0 Å². The molecule has 3 aliphatic rings. The predicted molar refractivity (Wildman–Crippen MR) is 204 cm³/mol. The van der Waals surface area contributed by atoms with Crippen LogP contribution in [-0.4, -0.2) is 15.0 Å². The Morgan fingerprint density at radius 2 is 1.12 bits per heavy atom. The van der Waals surface area contributed by atoms with Gasteiger partial charge in [-0.15, -0.1) is 0 Å². The molecule has 0 bridgehead atoms. The van der Waals surface area contributed by atoms with E-state index in [1.54, 1.807) is 0 Å². The second-order valence-electron chi connectivity index (χ2n) is 13.5. The van der Waals surface area contributed by atoms with Crippen molar-refractivity contribution in [3.8, 4) is 56.8 Å². The molecule has 8 aromatic rings. The van der Waals surface area contributed by atoms with Crippen LogP contribution in [0, 0.1) is 0 Å². The topological polar surface area (TPSA) is 47.9 Å². The van der Waals surface area contributed by atoms with E-state index in [1.807, 2.05) is 24.3 Å². The molecule has 238 valence electrons. The van der Waals surface area contributed by atoms with Crippen LogP contribution in [0.1, 0.15) is 33.4 Å². The second kappa shape index (κ2) is 10.7. The molecule has 4 heteroatoms. The van der Waals surface area contributed by atoms with Gasteiger partial charge in [-0.3, -0.25) is 0 Å². The fraction of sp³-hybridized carbons (Fsp3) is 0.0426. The van der Waals surface area contributed by atoms with Gasteiger partial charge >= 0.3 is 0 Å². The summed E-state index contributed by atoms with van der Waals surface area (Å²) >= 11 is 0. The van der Waals surface area contributed by atoms with E-state index in [1.165, 1.54) is 44.2 Å². The Bertz CT molecular complexity index is 2720. The number of nitrogens with zero attached hydrogens (tertiary/aromatic N) is 3. The highest BCUT2D eigenvalue weighted by molar-refractivity contribution is 5.98. The molecular weight excluding hydrogens is 623 g/mol. The van der Waals surface area contributed by atoms with Gasteiger partial charge in [0.25, 0.3) is 0 Å². The zero-order chi connectivity index (χ0) is 33.5. The minimum Gasteiger partial charge on any atom is -0.456 e. The molecule has 0 atom stereocenters.